The number of hydrogen-bond acceptors (Lipinski definition) is 8. The quantitative estimate of drug-likeness (QED) is 0.129. The van der Waals surface area contributed by atoms with Gasteiger partial charge in [-0.05, 0) is 63.9 Å². The molecule has 4 rings (SSSR count). The maximum Gasteiger partial charge on any atom is 0.418 e. The Morgan fingerprint density at radius 3 is 2.56 bits per heavy atom. The summed E-state index contributed by atoms with van der Waals surface area (Å²) in [5.74, 6) is -3.13. The van der Waals surface area contributed by atoms with Gasteiger partial charge in [0.05, 0.1) is 11.7 Å². The number of carboxylic acids is 1. The Morgan fingerprint density at radius 1 is 1.27 bits per heavy atom. The van der Waals surface area contributed by atoms with Crippen LogP contribution >= 0.6 is 11.8 Å². The highest BCUT2D eigenvalue weighted by atomic mass is 32.2. The van der Waals surface area contributed by atoms with Crippen LogP contribution in [0.3, 0.4) is 0 Å². The molecular formula is C31H37F2N5O5SSi. The topological polar surface area (TPSA) is 119 Å². The first kappa shape index (κ1) is 34.2. The Morgan fingerprint density at radius 2 is 1.98 bits per heavy atom. The average Bonchev–Trinajstić information content (AvgIpc) is 3.70. The van der Waals surface area contributed by atoms with Gasteiger partial charge >= 0.3 is 12.1 Å². The van der Waals surface area contributed by atoms with Crippen LogP contribution in [0, 0.1) is 18.3 Å². The number of amides is 1. The molecular weight excluding hydrogens is 621 g/mol. The first-order valence-electron chi connectivity index (χ1n) is 14.4. The lowest BCUT2D eigenvalue weighted by molar-refractivity contribution is -0.137. The Hall–Kier alpha value is -3.67. The minimum absolute atomic E-state index is 0.0144. The number of ether oxygens (including phenoxy) is 2. The van der Waals surface area contributed by atoms with Crippen molar-refractivity contribution in [3.05, 3.63) is 64.6 Å². The second-order valence-electron chi connectivity index (χ2n) is 13.5. The van der Waals surface area contributed by atoms with Crippen LogP contribution in [-0.2, 0) is 19.8 Å². The lowest BCUT2D eigenvalue weighted by atomic mass is 9.84. The molecule has 1 aromatic heterocycles. The highest BCUT2D eigenvalue weighted by molar-refractivity contribution is 8.15. The number of carbonyl (C=O) groups is 2. The molecule has 2 aliphatic rings. The van der Waals surface area contributed by atoms with E-state index in [9.17, 15) is 14.7 Å². The van der Waals surface area contributed by atoms with Crippen molar-refractivity contribution in [3.8, 4) is 0 Å². The van der Waals surface area contributed by atoms with Gasteiger partial charge in [-0.15, -0.1) is 4.98 Å². The highest BCUT2D eigenvalue weighted by Gasteiger charge is 2.72. The van der Waals surface area contributed by atoms with Crippen LogP contribution in [0.5, 0.6) is 0 Å². The zero-order valence-electron chi connectivity index (χ0n) is 26.4. The van der Waals surface area contributed by atoms with Gasteiger partial charge < -0.3 is 19.4 Å². The van der Waals surface area contributed by atoms with Crippen LogP contribution in [0.2, 0.25) is 25.7 Å². The number of fused-ring (bicyclic) bond motifs is 1. The van der Waals surface area contributed by atoms with Crippen molar-refractivity contribution in [3.63, 3.8) is 0 Å². The molecule has 240 valence electrons. The maximum absolute atomic E-state index is 15.6. The Kier molecular flexibility index (Phi) is 9.59. The number of carbonyl (C=O) groups excluding carboxylic acids is 1. The normalized spacial score (nSPS) is 23.0. The van der Waals surface area contributed by atoms with E-state index in [0.29, 0.717) is 6.61 Å². The third-order valence-corrected chi connectivity index (χ3v) is 10.6. The van der Waals surface area contributed by atoms with E-state index in [1.165, 1.54) is 23.1 Å². The molecule has 0 spiro atoms. The molecule has 1 aliphatic carbocycles. The largest absolute Gasteiger partial charge is 0.480 e. The third-order valence-electron chi connectivity index (χ3n) is 7.44. The monoisotopic (exact) mass is 657 g/mol. The number of halogens is 2. The first-order valence-corrected chi connectivity index (χ1v) is 18.9. The van der Waals surface area contributed by atoms with E-state index in [4.69, 9.17) is 21.0 Å². The molecule has 1 aliphatic heterocycles. The van der Waals surface area contributed by atoms with Gasteiger partial charge in [-0.2, -0.15) is 0 Å². The second kappa shape index (κ2) is 12.6. The standard InChI is InChI=1S/C31H37F2N5O5SSi/c1-29(2,3)43-28(41)38(18-42-11-12-45(6,7)8)27-37-30(4,24-15-31(24,44-27)26(39)40)20-13-19(9-10-21(20)32)14-22(33)23-16-36-25(34-5)17-35-23/h9-10,13-14,16-17,24H,11-12,15,18H2,1-4,6-8H3,(H,39,40)/b22-14-/t24-,30+,31-/m0/s1. The second-order valence-corrected chi connectivity index (χ2v) is 20.4. The number of hydrogen-bond donors (Lipinski definition) is 1. The van der Waals surface area contributed by atoms with E-state index in [0.717, 1.165) is 36.3 Å². The summed E-state index contributed by atoms with van der Waals surface area (Å²) >= 11 is 0.934. The molecule has 1 amide bonds. The number of carboxylic acid groups (broad SMARTS) is 1. The molecule has 2 aromatic rings. The summed E-state index contributed by atoms with van der Waals surface area (Å²) < 4.78 is 40.9. The van der Waals surface area contributed by atoms with Crippen molar-refractivity contribution in [1.29, 1.82) is 0 Å². The predicted molar refractivity (Wildman–Crippen MR) is 172 cm³/mol. The SMILES string of the molecule is [C-]#[N+]c1cnc(/C(F)=C/c2ccc(F)c([C@@]3(C)N=C(N(COCC[Si](C)(C)C)C(=O)OC(C)(C)C)S[C@@]4(C(=O)O)C[C@H]43)c2)cn1. The summed E-state index contributed by atoms with van der Waals surface area (Å²) in [5, 5.41) is 10.4. The van der Waals surface area contributed by atoms with Crippen molar-refractivity contribution in [2.75, 3.05) is 13.3 Å². The van der Waals surface area contributed by atoms with Gasteiger partial charge in [0.1, 0.15) is 34.8 Å². The fourth-order valence-electron chi connectivity index (χ4n) is 4.90. The molecule has 0 bridgehead atoms. The van der Waals surface area contributed by atoms with E-state index in [1.54, 1.807) is 27.7 Å². The smallest absolute Gasteiger partial charge is 0.418 e. The van der Waals surface area contributed by atoms with Gasteiger partial charge in [0.25, 0.3) is 5.82 Å². The van der Waals surface area contributed by atoms with E-state index in [2.05, 4.69) is 34.5 Å². The number of aliphatic carboxylic acids is 1. The number of rotatable bonds is 9. The van der Waals surface area contributed by atoms with Crippen molar-refractivity contribution in [2.45, 2.75) is 75.7 Å². The molecule has 2 heterocycles. The zero-order chi connectivity index (χ0) is 33.4. The molecule has 1 aromatic carbocycles. The fourth-order valence-corrected chi connectivity index (χ4v) is 7.16. The highest BCUT2D eigenvalue weighted by Crippen LogP contribution is 2.66. The van der Waals surface area contributed by atoms with Gasteiger partial charge in [0.2, 0.25) is 0 Å². The van der Waals surface area contributed by atoms with E-state index < -0.39 is 53.6 Å². The summed E-state index contributed by atoms with van der Waals surface area (Å²) in [6.45, 7) is 20.5. The summed E-state index contributed by atoms with van der Waals surface area (Å²) in [6, 6.07) is 4.80. The van der Waals surface area contributed by atoms with Gasteiger partial charge in [-0.25, -0.2) is 18.5 Å². The molecule has 1 saturated carbocycles. The van der Waals surface area contributed by atoms with E-state index in [1.807, 2.05) is 0 Å². The van der Waals surface area contributed by atoms with Gasteiger partial charge in [0, 0.05) is 26.2 Å². The lowest BCUT2D eigenvalue weighted by Gasteiger charge is -2.37. The summed E-state index contributed by atoms with van der Waals surface area (Å²) in [5.41, 5.74) is -2.08. The van der Waals surface area contributed by atoms with Crippen LogP contribution in [0.4, 0.5) is 19.4 Å². The Labute approximate surface area is 266 Å². The predicted octanol–water partition coefficient (Wildman–Crippen LogP) is 7.34. The molecule has 1 N–H and O–H groups in total. The molecule has 0 saturated heterocycles. The fraction of sp³-hybridized carbons (Fsp3) is 0.484. The summed E-state index contributed by atoms with van der Waals surface area (Å²) in [6.07, 6.45) is 2.82. The first-order chi connectivity index (χ1) is 20.9. The van der Waals surface area contributed by atoms with Crippen LogP contribution in [0.15, 0.2) is 35.6 Å². The number of thioether (sulfide) groups is 1. The molecule has 3 atom stereocenters. The zero-order valence-corrected chi connectivity index (χ0v) is 28.2. The Bertz CT molecular complexity index is 1580. The van der Waals surface area contributed by atoms with Crippen molar-refractivity contribution in [1.82, 2.24) is 14.9 Å². The minimum Gasteiger partial charge on any atom is -0.480 e. The van der Waals surface area contributed by atoms with E-state index >= 15 is 8.78 Å². The van der Waals surface area contributed by atoms with Gasteiger partial charge in [0.15, 0.2) is 11.0 Å². The molecule has 45 heavy (non-hydrogen) atoms. The molecule has 0 radical (unpaired) electrons. The molecule has 0 unspecified atom stereocenters. The number of aliphatic imine (C=N–C) groups is 1. The number of amidine groups is 1. The number of aromatic nitrogens is 2. The lowest BCUT2D eigenvalue weighted by Crippen LogP contribution is -2.47. The molecule has 1 fully saturated rings. The number of nitrogens with zero attached hydrogens (tertiary/aromatic N) is 5. The van der Waals surface area contributed by atoms with Crippen LogP contribution in [0.1, 0.15) is 50.9 Å². The number of benzene rings is 1. The van der Waals surface area contributed by atoms with Crippen molar-refractivity contribution in [2.24, 2.45) is 10.9 Å². The van der Waals surface area contributed by atoms with Gasteiger partial charge in [-0.1, -0.05) is 44.0 Å². The van der Waals surface area contributed by atoms with Gasteiger partial charge in [-0.3, -0.25) is 14.8 Å². The third kappa shape index (κ3) is 7.77. The van der Waals surface area contributed by atoms with E-state index in [-0.39, 0.29) is 41.0 Å². The summed E-state index contributed by atoms with van der Waals surface area (Å²) in [4.78, 5) is 43.0. The minimum atomic E-state index is -1.45. The molecule has 14 heteroatoms. The van der Waals surface area contributed by atoms with Crippen LogP contribution in [0.25, 0.3) is 16.7 Å². The van der Waals surface area contributed by atoms with Crippen LogP contribution < -0.4 is 0 Å². The summed E-state index contributed by atoms with van der Waals surface area (Å²) in [7, 11) is -1.45. The van der Waals surface area contributed by atoms with Crippen molar-refractivity contribution < 1.29 is 33.0 Å². The average molecular weight is 658 g/mol. The maximum atomic E-state index is 15.6. The molecule has 10 nitrogen and oxygen atoms in total. The Balaban J connectivity index is 1.76. The van der Waals surface area contributed by atoms with Crippen molar-refractivity contribution >= 4 is 54.8 Å². The van der Waals surface area contributed by atoms with Crippen LogP contribution in [-0.4, -0.2) is 69.0 Å².